The van der Waals surface area contributed by atoms with Gasteiger partial charge in [0.2, 0.25) is 23.6 Å². The minimum Gasteiger partial charge on any atom is -0.379 e. The van der Waals surface area contributed by atoms with Crippen LogP contribution in [0.3, 0.4) is 0 Å². The summed E-state index contributed by atoms with van der Waals surface area (Å²) in [7, 11) is 0. The molecule has 1 aromatic carbocycles. The largest absolute Gasteiger partial charge is 0.379 e. The van der Waals surface area contributed by atoms with E-state index in [9.17, 15) is 29.1 Å². The zero-order valence-corrected chi connectivity index (χ0v) is 28.1. The second kappa shape index (κ2) is 19.1. The molecule has 1 heterocycles. The van der Waals surface area contributed by atoms with E-state index < -0.39 is 42.1 Å². The Hall–Kier alpha value is -3.71. The van der Waals surface area contributed by atoms with Gasteiger partial charge in [-0.15, -0.1) is 0 Å². The minimum atomic E-state index is -0.932. The van der Waals surface area contributed by atoms with E-state index >= 15 is 0 Å². The third-order valence-electron chi connectivity index (χ3n) is 7.91. The van der Waals surface area contributed by atoms with Gasteiger partial charge in [0.1, 0.15) is 18.3 Å². The van der Waals surface area contributed by atoms with Crippen molar-refractivity contribution in [2.75, 3.05) is 31.6 Å². The number of urea groups is 1. The van der Waals surface area contributed by atoms with Crippen molar-refractivity contribution < 1.29 is 33.8 Å². The number of nitrogens with two attached hydrogens (primary N) is 1. The molecule has 1 aliphatic rings. The molecule has 6 amide bonds. The summed E-state index contributed by atoms with van der Waals surface area (Å²) in [5.74, 6) is -1.29. The highest BCUT2D eigenvalue weighted by Gasteiger charge is 2.39. The maximum atomic E-state index is 13.3. The van der Waals surface area contributed by atoms with Crippen molar-refractivity contribution in [1.29, 1.82) is 0 Å². The molecular weight excluding hydrogens is 592 g/mol. The van der Waals surface area contributed by atoms with Crippen molar-refractivity contribution >= 4 is 35.3 Å². The molecule has 0 saturated carbocycles. The third kappa shape index (κ3) is 13.0. The molecule has 258 valence electrons. The van der Waals surface area contributed by atoms with Crippen LogP contribution in [-0.2, 0) is 30.3 Å². The van der Waals surface area contributed by atoms with Crippen LogP contribution < -0.4 is 27.0 Å². The molecule has 0 spiro atoms. The fourth-order valence-electron chi connectivity index (χ4n) is 5.32. The van der Waals surface area contributed by atoms with E-state index in [2.05, 4.69) is 35.1 Å². The number of hydrogen-bond donors (Lipinski definition) is 6. The Kier molecular flexibility index (Phi) is 15.9. The maximum absolute atomic E-state index is 13.3. The molecule has 0 aromatic heterocycles. The van der Waals surface area contributed by atoms with Gasteiger partial charge in [0.05, 0.1) is 13.2 Å². The van der Waals surface area contributed by atoms with Gasteiger partial charge in [-0.25, -0.2) is 4.79 Å². The Balaban J connectivity index is 1.92. The zero-order valence-electron chi connectivity index (χ0n) is 28.1. The molecule has 2 rings (SSSR count). The molecule has 1 aromatic rings. The van der Waals surface area contributed by atoms with Crippen LogP contribution in [0.15, 0.2) is 24.3 Å². The Bertz CT molecular complexity index is 1160. The third-order valence-corrected chi connectivity index (χ3v) is 7.91. The Morgan fingerprint density at radius 3 is 2.24 bits per heavy atom. The van der Waals surface area contributed by atoms with Gasteiger partial charge in [-0.2, -0.15) is 0 Å². The van der Waals surface area contributed by atoms with Crippen LogP contribution in [0, 0.1) is 23.7 Å². The van der Waals surface area contributed by atoms with Crippen molar-refractivity contribution in [2.45, 2.75) is 92.0 Å². The number of ether oxygens (including phenoxy) is 1. The van der Waals surface area contributed by atoms with Crippen molar-refractivity contribution in [1.82, 2.24) is 20.9 Å². The van der Waals surface area contributed by atoms with Crippen molar-refractivity contribution in [3.63, 3.8) is 0 Å². The first kappa shape index (κ1) is 38.5. The molecule has 46 heavy (non-hydrogen) atoms. The van der Waals surface area contributed by atoms with Crippen LogP contribution in [-0.4, -0.2) is 84.3 Å². The molecule has 13 heteroatoms. The molecule has 1 saturated heterocycles. The summed E-state index contributed by atoms with van der Waals surface area (Å²) in [5, 5.41) is 21.1. The van der Waals surface area contributed by atoms with Gasteiger partial charge in [-0.05, 0) is 54.7 Å². The van der Waals surface area contributed by atoms with Gasteiger partial charge >= 0.3 is 6.03 Å². The molecular formula is C33H54N6O7. The molecule has 0 bridgehead atoms. The van der Waals surface area contributed by atoms with Crippen LogP contribution in [0.4, 0.5) is 10.5 Å². The van der Waals surface area contributed by atoms with Gasteiger partial charge < -0.3 is 41.7 Å². The molecule has 2 unspecified atom stereocenters. The van der Waals surface area contributed by atoms with E-state index in [1.165, 1.54) is 4.90 Å². The number of anilines is 1. The molecule has 4 atom stereocenters. The average molecular weight is 647 g/mol. The van der Waals surface area contributed by atoms with Crippen molar-refractivity contribution in [3.05, 3.63) is 29.8 Å². The lowest BCUT2D eigenvalue weighted by molar-refractivity contribution is -0.137. The molecule has 0 radical (unpaired) electrons. The molecule has 1 fully saturated rings. The first-order chi connectivity index (χ1) is 21.7. The summed E-state index contributed by atoms with van der Waals surface area (Å²) in [6.45, 7) is 12.4. The average Bonchev–Trinajstić information content (AvgIpc) is 3.26. The summed E-state index contributed by atoms with van der Waals surface area (Å²) in [6.07, 6.45) is 1.06. The number of aliphatic hydroxyl groups is 1. The second-order valence-corrected chi connectivity index (χ2v) is 13.0. The Morgan fingerprint density at radius 2 is 1.67 bits per heavy atom. The van der Waals surface area contributed by atoms with E-state index in [1.54, 1.807) is 13.8 Å². The van der Waals surface area contributed by atoms with Crippen LogP contribution in [0.1, 0.15) is 72.8 Å². The standard InChI is InChI=1S/C33H54N6O7/c1-20(2)18-23-9-11-24(12-10-23)36-30(42)26(8-7-14-35-33(34)45)37-31(43)29(22(5)6)38-27(40)13-16-46-17-15-39-28(41)19-25(21(3)4)32(39)44/h9-12,20-22,25-26,28-29,41H,7-8,13-19H2,1-6H3,(H,36,42)(H,37,43)(H,38,40)(H3,34,35,45)/t25?,26-,28?,29-/m0/s1. The normalized spacial score (nSPS) is 17.7. The molecule has 13 nitrogen and oxygen atoms in total. The number of nitrogens with zero attached hydrogens (tertiary/aromatic N) is 1. The number of aliphatic hydroxyl groups excluding tert-OH is 1. The number of rotatable bonds is 19. The fourth-order valence-corrected chi connectivity index (χ4v) is 5.32. The maximum Gasteiger partial charge on any atom is 0.312 e. The number of nitrogens with one attached hydrogen (secondary N) is 4. The SMILES string of the molecule is CC(C)Cc1ccc(NC(=O)[C@H](CCCNC(N)=O)NC(=O)[C@@H](NC(=O)CCOCCN2C(=O)C(C(C)C)CC2O)C(C)C)cc1. The lowest BCUT2D eigenvalue weighted by Gasteiger charge is -2.25. The van der Waals surface area contributed by atoms with Gasteiger partial charge in [0, 0.05) is 37.5 Å². The fraction of sp³-hybridized carbons (Fsp3) is 0.667. The van der Waals surface area contributed by atoms with Gasteiger partial charge in [-0.3, -0.25) is 19.2 Å². The number of carbonyl (C=O) groups excluding carboxylic acids is 5. The first-order valence-electron chi connectivity index (χ1n) is 16.3. The minimum absolute atomic E-state index is 0.0167. The smallest absolute Gasteiger partial charge is 0.312 e. The number of hydrogen-bond acceptors (Lipinski definition) is 7. The molecule has 1 aliphatic heterocycles. The predicted octanol–water partition coefficient (Wildman–Crippen LogP) is 2.13. The van der Waals surface area contributed by atoms with Crippen LogP contribution in [0.25, 0.3) is 0 Å². The van der Waals surface area contributed by atoms with E-state index in [-0.39, 0.29) is 62.8 Å². The highest BCUT2D eigenvalue weighted by molar-refractivity contribution is 5.98. The first-order valence-corrected chi connectivity index (χ1v) is 16.3. The van der Waals surface area contributed by atoms with Crippen LogP contribution in [0.5, 0.6) is 0 Å². The highest BCUT2D eigenvalue weighted by atomic mass is 16.5. The van der Waals surface area contributed by atoms with E-state index in [1.807, 2.05) is 38.1 Å². The summed E-state index contributed by atoms with van der Waals surface area (Å²) in [4.78, 5) is 64.3. The number of likely N-dealkylation sites (tertiary alicyclic amines) is 1. The van der Waals surface area contributed by atoms with Crippen LogP contribution >= 0.6 is 0 Å². The molecule has 7 N–H and O–H groups in total. The van der Waals surface area contributed by atoms with Crippen LogP contribution in [0.2, 0.25) is 0 Å². The van der Waals surface area contributed by atoms with Gasteiger partial charge in [0.15, 0.2) is 0 Å². The van der Waals surface area contributed by atoms with E-state index in [4.69, 9.17) is 10.5 Å². The Morgan fingerprint density at radius 1 is 1.00 bits per heavy atom. The monoisotopic (exact) mass is 646 g/mol. The summed E-state index contributed by atoms with van der Waals surface area (Å²) < 4.78 is 5.55. The van der Waals surface area contributed by atoms with E-state index in [0.29, 0.717) is 24.4 Å². The zero-order chi connectivity index (χ0) is 34.4. The summed E-state index contributed by atoms with van der Waals surface area (Å²) in [5.41, 5.74) is 6.88. The molecule has 0 aliphatic carbocycles. The number of benzene rings is 1. The van der Waals surface area contributed by atoms with Gasteiger partial charge in [-0.1, -0.05) is 53.7 Å². The van der Waals surface area contributed by atoms with Gasteiger partial charge in [0.25, 0.3) is 0 Å². The quantitative estimate of drug-likeness (QED) is 0.124. The number of carbonyl (C=O) groups is 5. The lowest BCUT2D eigenvalue weighted by atomic mass is 9.94. The summed E-state index contributed by atoms with van der Waals surface area (Å²) in [6, 6.07) is 5.01. The number of amides is 6. The topological polar surface area (TPSA) is 192 Å². The highest BCUT2D eigenvalue weighted by Crippen LogP contribution is 2.28. The lowest BCUT2D eigenvalue weighted by Crippen LogP contribution is -2.54. The Labute approximate surface area is 272 Å². The predicted molar refractivity (Wildman–Crippen MR) is 175 cm³/mol. The van der Waals surface area contributed by atoms with E-state index in [0.717, 1.165) is 12.0 Å². The second-order valence-electron chi connectivity index (χ2n) is 13.0. The van der Waals surface area contributed by atoms with Crippen molar-refractivity contribution in [2.24, 2.45) is 29.4 Å². The summed E-state index contributed by atoms with van der Waals surface area (Å²) >= 11 is 0. The van der Waals surface area contributed by atoms with Crippen molar-refractivity contribution in [3.8, 4) is 0 Å². The number of primary amides is 1.